The zero-order valence-electron chi connectivity index (χ0n) is 12.9. The van der Waals surface area contributed by atoms with Crippen molar-refractivity contribution in [3.8, 4) is 0 Å². The molecule has 0 saturated carbocycles. The number of carbonyl (C=O) groups excluding carboxylic acids is 1. The fourth-order valence-corrected chi connectivity index (χ4v) is 2.12. The fraction of sp³-hybridized carbons (Fsp3) is 0.562. The van der Waals surface area contributed by atoms with E-state index in [9.17, 15) is 27.5 Å². The molecule has 0 unspecified atom stereocenters. The van der Waals surface area contributed by atoms with Crippen LogP contribution < -0.4 is 5.32 Å². The molecule has 2 N–H and O–H groups in total. The third-order valence-corrected chi connectivity index (χ3v) is 3.51. The Balaban J connectivity index is 2.77. The van der Waals surface area contributed by atoms with Crippen molar-refractivity contribution in [1.29, 1.82) is 0 Å². The average Bonchev–Trinajstić information content (AvgIpc) is 2.50. The third kappa shape index (κ3) is 5.49. The van der Waals surface area contributed by atoms with Crippen molar-refractivity contribution in [1.82, 2.24) is 5.32 Å². The van der Waals surface area contributed by atoms with Gasteiger partial charge < -0.3 is 10.4 Å². The predicted octanol–water partition coefficient (Wildman–Crippen LogP) is 3.51. The number of hydrogen-bond acceptors (Lipinski definition) is 2. The van der Waals surface area contributed by atoms with Crippen LogP contribution in [0.4, 0.5) is 17.6 Å². The Morgan fingerprint density at radius 2 is 1.83 bits per heavy atom. The van der Waals surface area contributed by atoms with E-state index in [4.69, 9.17) is 0 Å². The van der Waals surface area contributed by atoms with Gasteiger partial charge in [-0.2, -0.15) is 13.2 Å². The lowest BCUT2D eigenvalue weighted by molar-refractivity contribution is -0.234. The van der Waals surface area contributed by atoms with E-state index in [1.165, 1.54) is 0 Å². The van der Waals surface area contributed by atoms with Gasteiger partial charge in [0.15, 0.2) is 0 Å². The molecule has 0 bridgehead atoms. The highest BCUT2D eigenvalue weighted by Gasteiger charge is 2.62. The summed E-state index contributed by atoms with van der Waals surface area (Å²) >= 11 is 0. The first-order valence-corrected chi connectivity index (χ1v) is 7.46. The molecule has 0 aromatic heterocycles. The quantitative estimate of drug-likeness (QED) is 0.714. The summed E-state index contributed by atoms with van der Waals surface area (Å²) in [4.78, 5) is 11.8. The Kier molecular flexibility index (Phi) is 7.00. The van der Waals surface area contributed by atoms with Gasteiger partial charge in [-0.3, -0.25) is 4.79 Å². The number of nitrogens with one attached hydrogen (secondary N) is 1. The molecule has 23 heavy (non-hydrogen) atoms. The lowest BCUT2D eigenvalue weighted by atomic mass is 9.93. The van der Waals surface area contributed by atoms with Gasteiger partial charge in [-0.05, 0) is 12.0 Å². The number of amides is 1. The van der Waals surface area contributed by atoms with Crippen LogP contribution >= 0.6 is 0 Å². The van der Waals surface area contributed by atoms with E-state index in [0.29, 0.717) is 18.4 Å². The van der Waals surface area contributed by atoms with Gasteiger partial charge in [-0.15, -0.1) is 0 Å². The summed E-state index contributed by atoms with van der Waals surface area (Å²) in [6, 6.07) is 8.23. The summed E-state index contributed by atoms with van der Waals surface area (Å²) in [6.07, 6.45) is -7.07. The maximum atomic E-state index is 14.4. The number of unbranched alkanes of at least 4 members (excludes halogenated alkanes) is 1. The van der Waals surface area contributed by atoms with Crippen LogP contribution in [0.1, 0.15) is 38.2 Å². The van der Waals surface area contributed by atoms with E-state index in [-0.39, 0.29) is 13.0 Å². The van der Waals surface area contributed by atoms with Crippen LogP contribution in [0.3, 0.4) is 0 Å². The summed E-state index contributed by atoms with van der Waals surface area (Å²) < 4.78 is 53.4. The molecule has 1 amide bonds. The van der Waals surface area contributed by atoms with E-state index in [1.54, 1.807) is 37.3 Å². The SMILES string of the molecule is CCCC[C@H](O)C[C@@](F)(C(=O)NCc1ccccc1)C(F)(F)F. The predicted molar refractivity (Wildman–Crippen MR) is 78.3 cm³/mol. The second-order valence-electron chi connectivity index (χ2n) is 5.47. The highest BCUT2D eigenvalue weighted by Crippen LogP contribution is 2.38. The maximum Gasteiger partial charge on any atom is 0.431 e. The molecule has 1 aromatic rings. The van der Waals surface area contributed by atoms with Crippen LogP contribution in [-0.4, -0.2) is 29.0 Å². The lowest BCUT2D eigenvalue weighted by Gasteiger charge is -2.28. The molecule has 0 aliphatic carbocycles. The summed E-state index contributed by atoms with van der Waals surface area (Å²) in [5, 5.41) is 11.6. The van der Waals surface area contributed by atoms with E-state index >= 15 is 0 Å². The van der Waals surface area contributed by atoms with Crippen molar-refractivity contribution in [2.24, 2.45) is 0 Å². The van der Waals surface area contributed by atoms with E-state index in [0.717, 1.165) is 0 Å². The summed E-state index contributed by atoms with van der Waals surface area (Å²) in [7, 11) is 0. The molecule has 0 radical (unpaired) electrons. The number of benzene rings is 1. The van der Waals surface area contributed by atoms with Crippen LogP contribution in [0, 0.1) is 0 Å². The fourth-order valence-electron chi connectivity index (χ4n) is 2.12. The minimum atomic E-state index is -5.39. The van der Waals surface area contributed by atoms with Crippen LogP contribution in [0.2, 0.25) is 0 Å². The monoisotopic (exact) mass is 335 g/mol. The van der Waals surface area contributed by atoms with Crippen molar-refractivity contribution in [2.45, 2.75) is 57.1 Å². The zero-order valence-corrected chi connectivity index (χ0v) is 12.9. The van der Waals surface area contributed by atoms with Gasteiger partial charge in [0.1, 0.15) is 0 Å². The Hall–Kier alpha value is -1.63. The first kappa shape index (κ1) is 19.4. The molecule has 0 spiro atoms. The van der Waals surface area contributed by atoms with E-state index in [2.05, 4.69) is 0 Å². The van der Waals surface area contributed by atoms with Crippen molar-refractivity contribution >= 4 is 5.91 Å². The standard InChI is InChI=1S/C16H21F4NO2/c1-2-3-9-13(22)10-15(17,16(18,19)20)14(23)21-11-12-7-5-4-6-8-12/h4-8,13,22H,2-3,9-11H2,1H3,(H,21,23)/t13-,15+/m0/s1. The molecule has 0 saturated heterocycles. The molecule has 3 nitrogen and oxygen atoms in total. The minimum absolute atomic E-state index is 0.0181. The molecule has 1 rings (SSSR count). The first-order chi connectivity index (χ1) is 10.7. The Morgan fingerprint density at radius 1 is 1.22 bits per heavy atom. The minimum Gasteiger partial charge on any atom is -0.393 e. The van der Waals surface area contributed by atoms with Gasteiger partial charge in [0, 0.05) is 13.0 Å². The smallest absolute Gasteiger partial charge is 0.393 e. The number of rotatable bonds is 8. The van der Waals surface area contributed by atoms with Gasteiger partial charge in [-0.25, -0.2) is 4.39 Å². The molecule has 1 aromatic carbocycles. The number of aliphatic hydroxyl groups excluding tert-OH is 1. The van der Waals surface area contributed by atoms with E-state index in [1.807, 2.05) is 5.32 Å². The second kappa shape index (κ2) is 8.29. The van der Waals surface area contributed by atoms with Crippen LogP contribution in [-0.2, 0) is 11.3 Å². The van der Waals surface area contributed by atoms with Gasteiger partial charge in [0.05, 0.1) is 6.10 Å². The number of aliphatic hydroxyl groups is 1. The van der Waals surface area contributed by atoms with Crippen molar-refractivity contribution < 1.29 is 27.5 Å². The lowest BCUT2D eigenvalue weighted by Crippen LogP contribution is -2.55. The molecule has 130 valence electrons. The molecular weight excluding hydrogens is 314 g/mol. The average molecular weight is 335 g/mol. The summed E-state index contributed by atoms with van der Waals surface area (Å²) in [5.74, 6) is -1.77. The summed E-state index contributed by atoms with van der Waals surface area (Å²) in [6.45, 7) is 1.58. The topological polar surface area (TPSA) is 49.3 Å². The molecule has 0 aliphatic heterocycles. The molecule has 7 heteroatoms. The third-order valence-electron chi connectivity index (χ3n) is 3.51. The molecule has 2 atom stereocenters. The van der Waals surface area contributed by atoms with Crippen LogP contribution in [0.5, 0.6) is 0 Å². The van der Waals surface area contributed by atoms with Crippen molar-refractivity contribution in [3.63, 3.8) is 0 Å². The normalized spacial score (nSPS) is 15.7. The molecule has 0 heterocycles. The largest absolute Gasteiger partial charge is 0.431 e. The van der Waals surface area contributed by atoms with Gasteiger partial charge in [-0.1, -0.05) is 50.1 Å². The number of alkyl halides is 4. The van der Waals surface area contributed by atoms with Crippen LogP contribution in [0.15, 0.2) is 30.3 Å². The zero-order chi connectivity index (χ0) is 17.5. The van der Waals surface area contributed by atoms with Crippen molar-refractivity contribution in [3.05, 3.63) is 35.9 Å². The Labute approximate surface area is 132 Å². The Morgan fingerprint density at radius 3 is 2.35 bits per heavy atom. The highest BCUT2D eigenvalue weighted by molar-refractivity contribution is 5.86. The molecule has 0 fully saturated rings. The van der Waals surface area contributed by atoms with Crippen LogP contribution in [0.25, 0.3) is 0 Å². The number of carbonyl (C=O) groups is 1. The number of halogens is 4. The second-order valence-corrected chi connectivity index (χ2v) is 5.47. The maximum absolute atomic E-state index is 14.4. The van der Waals surface area contributed by atoms with Gasteiger partial charge >= 0.3 is 6.18 Å². The van der Waals surface area contributed by atoms with E-state index < -0.39 is 30.3 Å². The Bertz CT molecular complexity index is 493. The molecule has 0 aliphatic rings. The van der Waals surface area contributed by atoms with Gasteiger partial charge in [0.25, 0.3) is 11.6 Å². The highest BCUT2D eigenvalue weighted by atomic mass is 19.4. The number of hydrogen-bond donors (Lipinski definition) is 2. The summed E-state index contributed by atoms with van der Waals surface area (Å²) in [5.41, 5.74) is -3.55. The molecular formula is C16H21F4NO2. The first-order valence-electron chi connectivity index (χ1n) is 7.46. The van der Waals surface area contributed by atoms with Crippen molar-refractivity contribution in [2.75, 3.05) is 0 Å². The van der Waals surface area contributed by atoms with Gasteiger partial charge in [0.2, 0.25) is 0 Å².